The summed E-state index contributed by atoms with van der Waals surface area (Å²) in [5.74, 6) is -1.92. The molecule has 0 aliphatic heterocycles. The van der Waals surface area contributed by atoms with Crippen LogP contribution in [0.4, 0.5) is 0 Å². The van der Waals surface area contributed by atoms with E-state index >= 15 is 0 Å². The van der Waals surface area contributed by atoms with E-state index in [1.54, 1.807) is 7.11 Å². The van der Waals surface area contributed by atoms with Crippen molar-refractivity contribution in [3.05, 3.63) is 0 Å². The third-order valence-corrected chi connectivity index (χ3v) is 3.70. The number of unbranched alkanes of at least 4 members (excludes halogenated alkanes) is 2. The van der Waals surface area contributed by atoms with Crippen LogP contribution in [0.3, 0.4) is 0 Å². The van der Waals surface area contributed by atoms with Gasteiger partial charge in [0.05, 0.1) is 11.8 Å². The highest BCUT2D eigenvalue weighted by Crippen LogP contribution is 2.58. The average molecular weight is 257 g/mol. The number of rotatable bonds is 8. The van der Waals surface area contributed by atoms with Gasteiger partial charge in [-0.25, -0.2) is 0 Å². The molecule has 1 aliphatic rings. The molecule has 0 aromatic carbocycles. The Morgan fingerprint density at radius 1 is 1.22 bits per heavy atom. The van der Waals surface area contributed by atoms with E-state index in [9.17, 15) is 9.59 Å². The van der Waals surface area contributed by atoms with Gasteiger partial charge in [0, 0.05) is 20.3 Å². The van der Waals surface area contributed by atoms with E-state index in [2.05, 4.69) is 5.32 Å². The van der Waals surface area contributed by atoms with Gasteiger partial charge >= 0.3 is 5.97 Å². The fourth-order valence-electron chi connectivity index (χ4n) is 2.46. The monoisotopic (exact) mass is 257 g/mol. The van der Waals surface area contributed by atoms with Crippen LogP contribution < -0.4 is 5.32 Å². The largest absolute Gasteiger partial charge is 0.481 e. The highest BCUT2D eigenvalue weighted by molar-refractivity contribution is 5.91. The first-order chi connectivity index (χ1) is 8.42. The zero-order valence-corrected chi connectivity index (χ0v) is 11.4. The lowest BCUT2D eigenvalue weighted by atomic mass is 10.1. The smallest absolute Gasteiger partial charge is 0.307 e. The quantitative estimate of drug-likeness (QED) is 0.642. The molecule has 5 nitrogen and oxygen atoms in total. The molecule has 1 fully saturated rings. The second-order valence-electron chi connectivity index (χ2n) is 5.46. The Bertz CT molecular complexity index is 314. The van der Waals surface area contributed by atoms with Gasteiger partial charge in [-0.3, -0.25) is 9.59 Å². The van der Waals surface area contributed by atoms with Crippen molar-refractivity contribution in [2.24, 2.45) is 17.3 Å². The van der Waals surface area contributed by atoms with Crippen molar-refractivity contribution in [1.82, 2.24) is 5.32 Å². The summed E-state index contributed by atoms with van der Waals surface area (Å²) in [6.07, 6.45) is 2.89. The van der Waals surface area contributed by atoms with Crippen molar-refractivity contribution >= 4 is 11.9 Å². The van der Waals surface area contributed by atoms with E-state index in [1.807, 2.05) is 13.8 Å². The predicted molar refractivity (Wildman–Crippen MR) is 67.1 cm³/mol. The molecule has 0 aromatic heterocycles. The van der Waals surface area contributed by atoms with Crippen molar-refractivity contribution in [2.75, 3.05) is 20.3 Å². The zero-order valence-electron chi connectivity index (χ0n) is 11.4. The van der Waals surface area contributed by atoms with Crippen LogP contribution in [-0.2, 0) is 14.3 Å². The van der Waals surface area contributed by atoms with E-state index in [4.69, 9.17) is 9.84 Å². The van der Waals surface area contributed by atoms with Gasteiger partial charge in [-0.2, -0.15) is 0 Å². The molecule has 0 saturated heterocycles. The average Bonchev–Trinajstić information content (AvgIpc) is 2.86. The summed E-state index contributed by atoms with van der Waals surface area (Å²) in [6.45, 7) is 5.01. The Morgan fingerprint density at radius 3 is 2.39 bits per heavy atom. The molecule has 104 valence electrons. The molecule has 0 spiro atoms. The number of hydrogen-bond acceptors (Lipinski definition) is 3. The van der Waals surface area contributed by atoms with Crippen LogP contribution in [0.5, 0.6) is 0 Å². The maximum atomic E-state index is 11.8. The highest BCUT2D eigenvalue weighted by atomic mass is 16.5. The van der Waals surface area contributed by atoms with Gasteiger partial charge in [-0.1, -0.05) is 13.8 Å². The molecule has 1 aliphatic carbocycles. The summed E-state index contributed by atoms with van der Waals surface area (Å²) >= 11 is 0. The van der Waals surface area contributed by atoms with Gasteiger partial charge in [-0.15, -0.1) is 0 Å². The molecule has 0 unspecified atom stereocenters. The zero-order chi connectivity index (χ0) is 13.8. The lowest BCUT2D eigenvalue weighted by molar-refractivity contribution is -0.140. The first-order valence-electron chi connectivity index (χ1n) is 6.42. The molecule has 2 atom stereocenters. The standard InChI is InChI=1S/C13H23NO4/c1-13(2)9(10(13)12(16)17)11(15)14-7-5-4-6-8-18-3/h9-10H,4-8H2,1-3H3,(H,14,15)(H,16,17)/t9-,10+/m1/s1. The summed E-state index contributed by atoms with van der Waals surface area (Å²) < 4.78 is 4.93. The molecular formula is C13H23NO4. The summed E-state index contributed by atoms with van der Waals surface area (Å²) in [7, 11) is 1.67. The SMILES string of the molecule is COCCCCCNC(=O)[C@H]1[C@@H](C(=O)O)C1(C)C. The Kier molecular flexibility index (Phi) is 5.14. The van der Waals surface area contributed by atoms with Crippen LogP contribution in [0.15, 0.2) is 0 Å². The van der Waals surface area contributed by atoms with E-state index in [0.717, 1.165) is 25.9 Å². The second kappa shape index (κ2) is 6.18. The molecule has 1 amide bonds. The van der Waals surface area contributed by atoms with E-state index in [1.165, 1.54) is 0 Å². The summed E-state index contributed by atoms with van der Waals surface area (Å²) in [5, 5.41) is 11.8. The molecule has 0 aromatic rings. The third-order valence-electron chi connectivity index (χ3n) is 3.70. The molecule has 5 heteroatoms. The highest BCUT2D eigenvalue weighted by Gasteiger charge is 2.65. The Hall–Kier alpha value is -1.10. The van der Waals surface area contributed by atoms with Crippen LogP contribution in [0.25, 0.3) is 0 Å². The second-order valence-corrected chi connectivity index (χ2v) is 5.46. The summed E-state index contributed by atoms with van der Waals surface area (Å²) in [4.78, 5) is 22.8. The van der Waals surface area contributed by atoms with Crippen molar-refractivity contribution in [1.29, 1.82) is 0 Å². The van der Waals surface area contributed by atoms with Crippen LogP contribution in [-0.4, -0.2) is 37.2 Å². The maximum absolute atomic E-state index is 11.8. The van der Waals surface area contributed by atoms with Crippen LogP contribution >= 0.6 is 0 Å². The first kappa shape index (κ1) is 15.0. The number of aliphatic carboxylic acids is 1. The summed E-state index contributed by atoms with van der Waals surface area (Å²) in [6, 6.07) is 0. The number of carboxylic acids is 1. The molecule has 0 bridgehead atoms. The first-order valence-corrected chi connectivity index (χ1v) is 6.42. The normalized spacial score (nSPS) is 24.6. The van der Waals surface area contributed by atoms with E-state index in [-0.39, 0.29) is 11.8 Å². The minimum absolute atomic E-state index is 0.126. The number of carbonyl (C=O) groups excluding carboxylic acids is 1. The fourth-order valence-corrected chi connectivity index (χ4v) is 2.46. The van der Waals surface area contributed by atoms with E-state index < -0.39 is 17.3 Å². The Morgan fingerprint density at radius 2 is 1.89 bits per heavy atom. The lowest BCUT2D eigenvalue weighted by Gasteiger charge is -2.05. The lowest BCUT2D eigenvalue weighted by Crippen LogP contribution is -2.28. The Balaban J connectivity index is 2.21. The van der Waals surface area contributed by atoms with Crippen LogP contribution in [0.2, 0.25) is 0 Å². The molecule has 0 radical (unpaired) electrons. The predicted octanol–water partition coefficient (Wildman–Crippen LogP) is 1.28. The Labute approximate surface area is 108 Å². The number of carboxylic acid groups (broad SMARTS) is 1. The molecule has 18 heavy (non-hydrogen) atoms. The maximum Gasteiger partial charge on any atom is 0.307 e. The minimum atomic E-state index is -0.875. The molecule has 0 heterocycles. The van der Waals surface area contributed by atoms with Crippen molar-refractivity contribution in [3.63, 3.8) is 0 Å². The number of carbonyl (C=O) groups is 2. The number of nitrogens with one attached hydrogen (secondary N) is 1. The van der Waals surface area contributed by atoms with Crippen molar-refractivity contribution < 1.29 is 19.4 Å². The number of ether oxygens (including phenoxy) is 1. The number of hydrogen-bond donors (Lipinski definition) is 2. The molecular weight excluding hydrogens is 234 g/mol. The molecule has 1 rings (SSSR count). The van der Waals surface area contributed by atoms with Gasteiger partial charge in [0.1, 0.15) is 0 Å². The topological polar surface area (TPSA) is 75.6 Å². The van der Waals surface area contributed by atoms with Crippen LogP contribution in [0.1, 0.15) is 33.1 Å². The van der Waals surface area contributed by atoms with Crippen LogP contribution in [0, 0.1) is 17.3 Å². The minimum Gasteiger partial charge on any atom is -0.481 e. The van der Waals surface area contributed by atoms with Gasteiger partial charge < -0.3 is 15.2 Å². The van der Waals surface area contributed by atoms with Gasteiger partial charge in [0.25, 0.3) is 0 Å². The fraction of sp³-hybridized carbons (Fsp3) is 0.846. The molecule has 2 N–H and O–H groups in total. The molecule has 1 saturated carbocycles. The van der Waals surface area contributed by atoms with Gasteiger partial charge in [0.2, 0.25) is 5.91 Å². The van der Waals surface area contributed by atoms with Gasteiger partial charge in [-0.05, 0) is 24.7 Å². The number of methoxy groups -OCH3 is 1. The number of amides is 1. The van der Waals surface area contributed by atoms with E-state index in [0.29, 0.717) is 6.54 Å². The summed E-state index contributed by atoms with van der Waals surface area (Å²) in [5.41, 5.74) is -0.411. The van der Waals surface area contributed by atoms with Gasteiger partial charge in [0.15, 0.2) is 0 Å². The van der Waals surface area contributed by atoms with Crippen molar-refractivity contribution in [3.8, 4) is 0 Å². The van der Waals surface area contributed by atoms with Crippen molar-refractivity contribution in [2.45, 2.75) is 33.1 Å². The third kappa shape index (κ3) is 3.45.